The van der Waals surface area contributed by atoms with E-state index in [0.29, 0.717) is 11.3 Å². The largest absolute Gasteiger partial charge is 0.198 e. The van der Waals surface area contributed by atoms with Gasteiger partial charge in [0.1, 0.15) is 0 Å². The van der Waals surface area contributed by atoms with Crippen LogP contribution in [0.3, 0.4) is 0 Å². The molecule has 0 bridgehead atoms. The average Bonchev–Trinajstić information content (AvgIpc) is 2.61. The first-order valence-corrected chi connectivity index (χ1v) is 10.7. The molecule has 130 valence electrons. The molecule has 1 heteroatoms. The normalized spacial score (nSPS) is 41.0. The van der Waals surface area contributed by atoms with Crippen molar-refractivity contribution in [1.82, 2.24) is 0 Å². The van der Waals surface area contributed by atoms with E-state index in [1.807, 2.05) is 0 Å². The van der Waals surface area contributed by atoms with Crippen LogP contribution in [0.25, 0.3) is 0 Å². The Bertz CT molecular complexity index is 399. The van der Waals surface area contributed by atoms with E-state index in [0.717, 1.165) is 17.8 Å². The van der Waals surface area contributed by atoms with Crippen molar-refractivity contribution in [3.8, 4) is 6.07 Å². The van der Waals surface area contributed by atoms with E-state index in [2.05, 4.69) is 13.0 Å². The molecule has 0 aromatic heterocycles. The van der Waals surface area contributed by atoms with Crippen molar-refractivity contribution in [1.29, 1.82) is 5.26 Å². The fraction of sp³-hybridized carbons (Fsp3) is 0.955. The second kappa shape index (κ2) is 8.04. The molecule has 0 amide bonds. The summed E-state index contributed by atoms with van der Waals surface area (Å²) >= 11 is 0. The van der Waals surface area contributed by atoms with E-state index in [1.54, 1.807) is 0 Å². The lowest BCUT2D eigenvalue weighted by molar-refractivity contribution is -0.0607. The highest BCUT2D eigenvalue weighted by Crippen LogP contribution is 2.60. The molecule has 3 rings (SSSR count). The first kappa shape index (κ1) is 17.3. The number of hydrogen-bond donors (Lipinski definition) is 0. The van der Waals surface area contributed by atoms with Gasteiger partial charge >= 0.3 is 0 Å². The van der Waals surface area contributed by atoms with Gasteiger partial charge in [0, 0.05) is 5.92 Å². The van der Waals surface area contributed by atoms with Crippen LogP contribution in [0.5, 0.6) is 0 Å². The van der Waals surface area contributed by atoms with Crippen molar-refractivity contribution in [3.63, 3.8) is 0 Å². The van der Waals surface area contributed by atoms with E-state index in [-0.39, 0.29) is 0 Å². The summed E-state index contributed by atoms with van der Waals surface area (Å²) in [7, 11) is 0. The topological polar surface area (TPSA) is 23.8 Å². The van der Waals surface area contributed by atoms with Gasteiger partial charge in [0.05, 0.1) is 6.07 Å². The van der Waals surface area contributed by atoms with Gasteiger partial charge < -0.3 is 0 Å². The Morgan fingerprint density at radius 1 is 0.913 bits per heavy atom. The Kier molecular flexibility index (Phi) is 6.06. The summed E-state index contributed by atoms with van der Waals surface area (Å²) < 4.78 is 0. The maximum atomic E-state index is 9.22. The van der Waals surface area contributed by atoms with Gasteiger partial charge in [-0.25, -0.2) is 0 Å². The van der Waals surface area contributed by atoms with Crippen LogP contribution >= 0.6 is 0 Å². The highest BCUT2D eigenvalue weighted by atomic mass is 14.5. The smallest absolute Gasteiger partial charge is 0.0655 e. The summed E-state index contributed by atoms with van der Waals surface area (Å²) in [5, 5.41) is 9.22. The summed E-state index contributed by atoms with van der Waals surface area (Å²) in [5.41, 5.74) is 0.704. The van der Waals surface area contributed by atoms with Crippen LogP contribution in [0.1, 0.15) is 103 Å². The van der Waals surface area contributed by atoms with E-state index >= 15 is 0 Å². The van der Waals surface area contributed by atoms with Crippen molar-refractivity contribution < 1.29 is 0 Å². The molecule has 0 spiro atoms. The summed E-state index contributed by atoms with van der Waals surface area (Å²) in [6.07, 6.45) is 21.4. The molecule has 1 nitrogen and oxygen atoms in total. The van der Waals surface area contributed by atoms with E-state index in [9.17, 15) is 5.26 Å². The van der Waals surface area contributed by atoms with Crippen LogP contribution in [-0.2, 0) is 0 Å². The molecule has 0 aromatic rings. The zero-order valence-corrected chi connectivity index (χ0v) is 15.4. The number of unbranched alkanes of at least 4 members (excludes halogenated alkanes) is 2. The summed E-state index contributed by atoms with van der Waals surface area (Å²) in [5.74, 6) is 3.36. The van der Waals surface area contributed by atoms with Gasteiger partial charge in [-0.15, -0.1) is 0 Å². The standard InChI is InChI=1S/C22H37N/c1-2-3-5-15-22-16-6-4-8-20(22)9-7-10-21(22)19-13-11-18(17-23)12-14-19/h18-21H,2-16H2,1H3/t18?,19?,20-,21?,22+/m1/s1. The van der Waals surface area contributed by atoms with Gasteiger partial charge in [0.25, 0.3) is 0 Å². The van der Waals surface area contributed by atoms with Crippen LogP contribution in [-0.4, -0.2) is 0 Å². The Hall–Kier alpha value is -0.510. The molecule has 3 fully saturated rings. The fourth-order valence-corrected chi connectivity index (χ4v) is 6.70. The predicted molar refractivity (Wildman–Crippen MR) is 96.9 cm³/mol. The number of rotatable bonds is 5. The molecule has 3 aliphatic rings. The van der Waals surface area contributed by atoms with Crippen LogP contribution < -0.4 is 0 Å². The van der Waals surface area contributed by atoms with Crippen molar-refractivity contribution >= 4 is 0 Å². The molecule has 3 aliphatic carbocycles. The highest BCUT2D eigenvalue weighted by molar-refractivity contribution is 5.01. The van der Waals surface area contributed by atoms with E-state index in [1.165, 1.54) is 96.3 Å². The average molecular weight is 316 g/mol. The van der Waals surface area contributed by atoms with Gasteiger partial charge in [-0.3, -0.25) is 0 Å². The second-order valence-corrected chi connectivity index (χ2v) is 8.91. The molecular formula is C22H37N. The lowest BCUT2D eigenvalue weighted by Crippen LogP contribution is -2.47. The molecular weight excluding hydrogens is 278 g/mol. The van der Waals surface area contributed by atoms with Crippen LogP contribution in [0.15, 0.2) is 0 Å². The lowest BCUT2D eigenvalue weighted by atomic mass is 9.49. The van der Waals surface area contributed by atoms with Crippen LogP contribution in [0, 0.1) is 40.4 Å². The van der Waals surface area contributed by atoms with Crippen molar-refractivity contribution in [3.05, 3.63) is 0 Å². The molecule has 0 aliphatic heterocycles. The summed E-state index contributed by atoms with van der Waals surface area (Å²) in [4.78, 5) is 0. The lowest BCUT2D eigenvalue weighted by Gasteiger charge is -2.56. The van der Waals surface area contributed by atoms with Crippen molar-refractivity contribution in [2.24, 2.45) is 29.1 Å². The van der Waals surface area contributed by atoms with E-state index < -0.39 is 0 Å². The van der Waals surface area contributed by atoms with Crippen molar-refractivity contribution in [2.75, 3.05) is 0 Å². The van der Waals surface area contributed by atoms with Crippen LogP contribution in [0.2, 0.25) is 0 Å². The summed E-state index contributed by atoms with van der Waals surface area (Å²) in [6.45, 7) is 2.34. The third-order valence-corrected chi connectivity index (χ3v) is 7.83. The quantitative estimate of drug-likeness (QED) is 0.508. The van der Waals surface area contributed by atoms with Gasteiger partial charge in [-0.1, -0.05) is 45.4 Å². The first-order valence-electron chi connectivity index (χ1n) is 10.7. The zero-order chi connectivity index (χ0) is 16.1. The minimum absolute atomic E-state index is 0.369. The maximum Gasteiger partial charge on any atom is 0.0655 e. The number of nitrogens with zero attached hydrogens (tertiary/aromatic N) is 1. The highest BCUT2D eigenvalue weighted by Gasteiger charge is 2.50. The minimum atomic E-state index is 0.369. The Morgan fingerprint density at radius 2 is 1.70 bits per heavy atom. The van der Waals surface area contributed by atoms with E-state index in [4.69, 9.17) is 0 Å². The molecule has 0 N–H and O–H groups in total. The van der Waals surface area contributed by atoms with Gasteiger partial charge in [0.2, 0.25) is 0 Å². The third-order valence-electron chi connectivity index (χ3n) is 7.83. The Balaban J connectivity index is 1.74. The molecule has 1 unspecified atom stereocenters. The van der Waals surface area contributed by atoms with Crippen molar-refractivity contribution in [2.45, 2.75) is 103 Å². The monoisotopic (exact) mass is 315 g/mol. The number of hydrogen-bond acceptors (Lipinski definition) is 1. The number of nitriles is 1. The second-order valence-electron chi connectivity index (χ2n) is 8.91. The first-order chi connectivity index (χ1) is 11.3. The molecule has 23 heavy (non-hydrogen) atoms. The third kappa shape index (κ3) is 3.62. The fourth-order valence-electron chi connectivity index (χ4n) is 6.70. The minimum Gasteiger partial charge on any atom is -0.198 e. The molecule has 0 heterocycles. The van der Waals surface area contributed by atoms with Gasteiger partial charge in [0.15, 0.2) is 0 Å². The Morgan fingerprint density at radius 3 is 2.43 bits per heavy atom. The maximum absolute atomic E-state index is 9.22. The molecule has 0 aromatic carbocycles. The zero-order valence-electron chi connectivity index (χ0n) is 15.4. The van der Waals surface area contributed by atoms with Gasteiger partial charge in [-0.05, 0) is 81.0 Å². The SMILES string of the molecule is CCCCC[C@]12CCCC[C@@H]1CCCC2C1CCC(C#N)CC1. The number of fused-ring (bicyclic) bond motifs is 1. The molecule has 3 saturated carbocycles. The molecule has 3 atom stereocenters. The van der Waals surface area contributed by atoms with Gasteiger partial charge in [-0.2, -0.15) is 5.26 Å². The molecule has 0 saturated heterocycles. The molecule has 0 radical (unpaired) electrons. The predicted octanol–water partition coefficient (Wildman–Crippen LogP) is 6.87. The Labute approximate surface area is 144 Å². The summed E-state index contributed by atoms with van der Waals surface area (Å²) in [6, 6.07) is 2.54. The van der Waals surface area contributed by atoms with Crippen LogP contribution in [0.4, 0.5) is 0 Å².